The molecular formula is C23H22N4O8S2. The van der Waals surface area contributed by atoms with Crippen molar-refractivity contribution < 1.29 is 35.5 Å². The van der Waals surface area contributed by atoms with Crippen molar-refractivity contribution in [3.63, 3.8) is 0 Å². The number of phenols is 1. The van der Waals surface area contributed by atoms with Crippen LogP contribution in [0.3, 0.4) is 0 Å². The van der Waals surface area contributed by atoms with Crippen LogP contribution in [0.1, 0.15) is 0 Å². The first-order valence-corrected chi connectivity index (χ1v) is 13.1. The van der Waals surface area contributed by atoms with Crippen LogP contribution in [0.5, 0.6) is 11.5 Å². The molecule has 0 aliphatic rings. The van der Waals surface area contributed by atoms with Crippen LogP contribution in [0.2, 0.25) is 0 Å². The number of nitrogen functional groups attached to an aromatic ring is 2. The quantitative estimate of drug-likeness (QED) is 0.122. The zero-order valence-corrected chi connectivity index (χ0v) is 20.5. The second-order valence-corrected chi connectivity index (χ2v) is 10.3. The minimum absolute atomic E-state index is 0.140. The largest absolute Gasteiger partial charge is 0.507 e. The molecule has 0 atom stereocenters. The number of rotatable bonds is 5. The minimum atomic E-state index is -4.82. The standard InChI is InChI=1S/C16H14N2O7S2.C7H8N2O/c17-10-7-13(26(20,21)22)16(18)14(8-10)27(23,24)25-12-6-2-4-9-3-1-5-11(19)15(9)12;8-7(10)9-6-4-2-1-3-5-6/h1-8,19H,17-18H2,(H,20,21,22);1-5H,(H3,8,9,10). The Hall–Kier alpha value is -4.53. The number of nitrogens with one attached hydrogen (secondary N) is 1. The lowest BCUT2D eigenvalue weighted by Gasteiger charge is -2.14. The van der Waals surface area contributed by atoms with Crippen molar-refractivity contribution in [2.45, 2.75) is 9.79 Å². The summed E-state index contributed by atoms with van der Waals surface area (Å²) >= 11 is 0. The molecule has 9 N–H and O–H groups in total. The molecular weight excluding hydrogens is 524 g/mol. The third kappa shape index (κ3) is 6.58. The van der Waals surface area contributed by atoms with Gasteiger partial charge in [0.1, 0.15) is 15.5 Å². The summed E-state index contributed by atoms with van der Waals surface area (Å²) in [4.78, 5) is 8.69. The van der Waals surface area contributed by atoms with Crippen molar-refractivity contribution in [3.05, 3.63) is 78.9 Å². The van der Waals surface area contributed by atoms with E-state index in [-0.39, 0.29) is 22.6 Å². The number of phenolic OH excluding ortho intramolecular Hbond substituents is 1. The van der Waals surface area contributed by atoms with Gasteiger partial charge in [0.2, 0.25) is 0 Å². The number of benzene rings is 4. The number of aromatic hydroxyl groups is 1. The number of anilines is 3. The lowest BCUT2D eigenvalue weighted by Crippen LogP contribution is -2.18. The number of amides is 2. The van der Waals surface area contributed by atoms with Gasteiger partial charge in [-0.05, 0) is 41.8 Å². The van der Waals surface area contributed by atoms with Crippen molar-refractivity contribution in [3.8, 4) is 11.5 Å². The van der Waals surface area contributed by atoms with Crippen molar-refractivity contribution in [1.29, 1.82) is 0 Å². The van der Waals surface area contributed by atoms with Gasteiger partial charge in [-0.25, -0.2) is 4.79 Å². The van der Waals surface area contributed by atoms with Gasteiger partial charge in [-0.15, -0.1) is 0 Å². The van der Waals surface area contributed by atoms with Crippen LogP contribution in [0, 0.1) is 0 Å². The molecule has 0 saturated carbocycles. The average Bonchev–Trinajstić information content (AvgIpc) is 2.80. The highest BCUT2D eigenvalue weighted by Gasteiger charge is 2.27. The fraction of sp³-hybridized carbons (Fsp3) is 0. The van der Waals surface area contributed by atoms with E-state index in [4.69, 9.17) is 21.4 Å². The molecule has 0 saturated heterocycles. The Morgan fingerprint density at radius 1 is 0.838 bits per heavy atom. The van der Waals surface area contributed by atoms with E-state index in [0.29, 0.717) is 5.39 Å². The normalized spacial score (nSPS) is 11.3. The third-order valence-electron chi connectivity index (χ3n) is 4.76. The summed E-state index contributed by atoms with van der Waals surface area (Å²) < 4.78 is 62.5. The minimum Gasteiger partial charge on any atom is -0.507 e. The maximum Gasteiger partial charge on any atom is 0.341 e. The van der Waals surface area contributed by atoms with Gasteiger partial charge in [-0.3, -0.25) is 4.55 Å². The number of para-hydroxylation sites is 1. The van der Waals surface area contributed by atoms with Gasteiger partial charge in [0, 0.05) is 11.4 Å². The van der Waals surface area contributed by atoms with E-state index in [1.165, 1.54) is 18.2 Å². The van der Waals surface area contributed by atoms with Gasteiger partial charge < -0.3 is 31.8 Å². The highest BCUT2D eigenvalue weighted by atomic mass is 32.2. The lowest BCUT2D eigenvalue weighted by atomic mass is 10.1. The van der Waals surface area contributed by atoms with Crippen LogP contribution < -0.4 is 26.7 Å². The SMILES string of the molecule is NC(=O)Nc1ccccc1.Nc1cc(S(=O)(=O)O)c(N)c(S(=O)(=O)Oc2cccc3cccc(O)c23)c1. The fourth-order valence-electron chi connectivity index (χ4n) is 3.23. The van der Waals surface area contributed by atoms with E-state index in [9.17, 15) is 31.3 Å². The van der Waals surface area contributed by atoms with E-state index < -0.39 is 41.7 Å². The van der Waals surface area contributed by atoms with Crippen molar-refractivity contribution in [2.75, 3.05) is 16.8 Å². The Morgan fingerprint density at radius 3 is 2.03 bits per heavy atom. The zero-order chi connectivity index (χ0) is 27.4. The first-order valence-electron chi connectivity index (χ1n) is 10.2. The van der Waals surface area contributed by atoms with Crippen LogP contribution in [-0.4, -0.2) is 32.5 Å². The van der Waals surface area contributed by atoms with E-state index in [2.05, 4.69) is 5.32 Å². The predicted molar refractivity (Wildman–Crippen MR) is 138 cm³/mol. The topological polar surface area (TPSA) is 225 Å². The molecule has 0 aromatic heterocycles. The van der Waals surface area contributed by atoms with Crippen molar-refractivity contribution in [2.24, 2.45) is 5.73 Å². The number of hydrogen-bond acceptors (Lipinski definition) is 9. The molecule has 4 aromatic rings. The van der Waals surface area contributed by atoms with Gasteiger partial charge in [0.05, 0.1) is 11.1 Å². The maximum absolute atomic E-state index is 12.7. The number of fused-ring (bicyclic) bond motifs is 1. The van der Waals surface area contributed by atoms with Gasteiger partial charge in [0.25, 0.3) is 10.1 Å². The second-order valence-electron chi connectivity index (χ2n) is 7.43. The molecule has 0 aliphatic heterocycles. The van der Waals surface area contributed by atoms with Crippen LogP contribution in [0.25, 0.3) is 10.8 Å². The molecule has 37 heavy (non-hydrogen) atoms. The summed E-state index contributed by atoms with van der Waals surface area (Å²) in [6.07, 6.45) is 0. The first-order chi connectivity index (χ1) is 17.3. The molecule has 12 nitrogen and oxygen atoms in total. The molecule has 0 spiro atoms. The van der Waals surface area contributed by atoms with Crippen LogP contribution in [0.15, 0.2) is 88.7 Å². The van der Waals surface area contributed by atoms with E-state index in [1.54, 1.807) is 30.3 Å². The first kappa shape index (κ1) is 27.1. The summed E-state index contributed by atoms with van der Waals surface area (Å²) in [5.74, 6) is -0.404. The molecule has 0 bridgehead atoms. The monoisotopic (exact) mass is 546 g/mol. The third-order valence-corrected chi connectivity index (χ3v) is 6.93. The number of hydrogen-bond donors (Lipinski definition) is 6. The molecule has 0 fully saturated rings. The number of primary amides is 1. The van der Waals surface area contributed by atoms with Gasteiger partial charge in [0.15, 0.2) is 5.75 Å². The maximum atomic E-state index is 12.7. The van der Waals surface area contributed by atoms with Gasteiger partial charge in [-0.2, -0.15) is 16.8 Å². The molecule has 4 rings (SSSR count). The Balaban J connectivity index is 0.000000319. The van der Waals surface area contributed by atoms with E-state index >= 15 is 0 Å². The summed E-state index contributed by atoms with van der Waals surface area (Å²) in [6, 6.07) is 19.3. The highest BCUT2D eigenvalue weighted by Crippen LogP contribution is 2.36. The summed E-state index contributed by atoms with van der Waals surface area (Å²) in [5, 5.41) is 13.1. The molecule has 0 radical (unpaired) electrons. The number of urea groups is 1. The Kier molecular flexibility index (Phi) is 7.76. The zero-order valence-electron chi connectivity index (χ0n) is 18.9. The Labute approximate surface area is 212 Å². The van der Waals surface area contributed by atoms with Crippen molar-refractivity contribution in [1.82, 2.24) is 0 Å². The summed E-state index contributed by atoms with van der Waals surface area (Å²) in [6.45, 7) is 0. The average molecular weight is 547 g/mol. The smallest absolute Gasteiger partial charge is 0.341 e. The van der Waals surface area contributed by atoms with Crippen LogP contribution in [0.4, 0.5) is 21.9 Å². The molecule has 0 heterocycles. The van der Waals surface area contributed by atoms with Crippen molar-refractivity contribution >= 4 is 54.1 Å². The molecule has 194 valence electrons. The number of nitrogens with two attached hydrogens (primary N) is 3. The lowest BCUT2D eigenvalue weighted by molar-refractivity contribution is 0.259. The summed E-state index contributed by atoms with van der Waals surface area (Å²) in [5.41, 5.74) is 15.7. The highest BCUT2D eigenvalue weighted by molar-refractivity contribution is 7.87. The predicted octanol–water partition coefficient (Wildman–Crippen LogP) is 2.90. The molecule has 4 aromatic carbocycles. The molecule has 0 unspecified atom stereocenters. The van der Waals surface area contributed by atoms with E-state index in [0.717, 1.165) is 17.8 Å². The second kappa shape index (κ2) is 10.6. The number of carbonyl (C=O) groups excluding carboxylic acids is 1. The Morgan fingerprint density at radius 2 is 1.43 bits per heavy atom. The summed E-state index contributed by atoms with van der Waals surface area (Å²) in [7, 11) is -9.47. The van der Waals surface area contributed by atoms with Crippen LogP contribution in [-0.2, 0) is 20.2 Å². The number of carbonyl (C=O) groups is 1. The molecule has 0 aliphatic carbocycles. The van der Waals surface area contributed by atoms with Gasteiger partial charge in [-0.1, -0.05) is 42.5 Å². The van der Waals surface area contributed by atoms with Crippen LogP contribution >= 0.6 is 0 Å². The van der Waals surface area contributed by atoms with E-state index in [1.807, 2.05) is 18.2 Å². The fourth-order valence-corrected chi connectivity index (χ4v) is 5.09. The van der Waals surface area contributed by atoms with Gasteiger partial charge >= 0.3 is 16.1 Å². The molecule has 14 heteroatoms. The Bertz CT molecular complexity index is 1670. The molecule has 2 amide bonds.